The number of carbonyl (C=O) groups is 1. The summed E-state index contributed by atoms with van der Waals surface area (Å²) in [5, 5.41) is 10.2. The van der Waals surface area contributed by atoms with Crippen molar-refractivity contribution in [1.82, 2.24) is 4.57 Å². The number of fused-ring (bicyclic) bond motifs is 1. The highest BCUT2D eigenvalue weighted by Gasteiger charge is 2.24. The van der Waals surface area contributed by atoms with E-state index in [4.69, 9.17) is 11.6 Å². The molecule has 0 radical (unpaired) electrons. The van der Waals surface area contributed by atoms with Gasteiger partial charge in [0.2, 0.25) is 10.3 Å². The number of carboxylic acids is 1. The van der Waals surface area contributed by atoms with Crippen LogP contribution in [0.3, 0.4) is 0 Å². The third-order valence-corrected chi connectivity index (χ3v) is 6.31. The number of hydrogen-bond donors (Lipinski definition) is 1. The summed E-state index contributed by atoms with van der Waals surface area (Å²) in [7, 11) is -2.71. The molecule has 0 aliphatic rings. The van der Waals surface area contributed by atoms with Gasteiger partial charge >= 0.3 is 5.97 Å². The molecule has 4 rings (SSSR count). The third-order valence-electron chi connectivity index (χ3n) is 5.30. The Bertz CT molecular complexity index is 1500. The number of benzene rings is 3. The van der Waals surface area contributed by atoms with Gasteiger partial charge in [-0.1, -0.05) is 48.0 Å². The van der Waals surface area contributed by atoms with Crippen molar-refractivity contribution in [2.45, 2.75) is 13.5 Å². The maximum absolute atomic E-state index is 14.2. The van der Waals surface area contributed by atoms with Gasteiger partial charge in [-0.05, 0) is 48.4 Å². The number of rotatable bonds is 5. The first-order chi connectivity index (χ1) is 15.3. The second-order valence-electron chi connectivity index (χ2n) is 7.22. The van der Waals surface area contributed by atoms with Gasteiger partial charge in [0.15, 0.2) is 0 Å². The fourth-order valence-corrected chi connectivity index (χ4v) is 4.86. The van der Waals surface area contributed by atoms with Gasteiger partial charge in [-0.3, -0.25) is 4.79 Å². The molecule has 0 saturated heterocycles. The van der Waals surface area contributed by atoms with Crippen molar-refractivity contribution in [3.63, 3.8) is 0 Å². The largest absolute Gasteiger partial charge is 0.480 e. The lowest BCUT2D eigenvalue weighted by atomic mass is 9.93. The van der Waals surface area contributed by atoms with Gasteiger partial charge in [0, 0.05) is 32.7 Å². The molecule has 0 fully saturated rings. The minimum absolute atomic E-state index is 0.0345. The van der Waals surface area contributed by atoms with Crippen LogP contribution in [-0.4, -0.2) is 28.9 Å². The van der Waals surface area contributed by atoms with E-state index < -0.39 is 22.1 Å². The van der Waals surface area contributed by atoms with Crippen molar-refractivity contribution in [1.29, 1.82) is 0 Å². The lowest BCUT2D eigenvalue weighted by Gasteiger charge is -2.12. The van der Waals surface area contributed by atoms with Crippen LogP contribution >= 0.6 is 11.6 Å². The molecule has 1 aromatic heterocycles. The van der Waals surface area contributed by atoms with Crippen LogP contribution in [0.2, 0.25) is 5.02 Å². The van der Waals surface area contributed by atoms with E-state index in [1.165, 1.54) is 22.8 Å². The van der Waals surface area contributed by atoms with Crippen molar-refractivity contribution in [2.24, 2.45) is 0 Å². The molecule has 4 aromatic rings. The highest BCUT2D eigenvalue weighted by molar-refractivity contribution is 7.74. The molecule has 0 saturated carbocycles. The molecule has 32 heavy (non-hydrogen) atoms. The van der Waals surface area contributed by atoms with Crippen LogP contribution in [-0.2, 0) is 21.6 Å². The molecule has 0 aliphatic heterocycles. The van der Waals surface area contributed by atoms with Gasteiger partial charge in [-0.15, -0.1) is 0 Å². The summed E-state index contributed by atoms with van der Waals surface area (Å²) in [6.45, 7) is 1.25. The average Bonchev–Trinajstić information content (AvgIpc) is 3.00. The van der Waals surface area contributed by atoms with Crippen molar-refractivity contribution < 1.29 is 22.7 Å². The molecule has 0 unspecified atom stereocenters. The Labute approximate surface area is 189 Å². The van der Waals surface area contributed by atoms with E-state index in [0.717, 1.165) is 5.56 Å². The minimum Gasteiger partial charge on any atom is -0.480 e. The molecule has 1 heterocycles. The molecule has 3 aromatic carbocycles. The molecule has 0 aliphatic carbocycles. The lowest BCUT2D eigenvalue weighted by molar-refractivity contribution is -0.137. The zero-order chi connectivity index (χ0) is 23.0. The van der Waals surface area contributed by atoms with E-state index in [0.29, 0.717) is 32.7 Å². The fraction of sp³-hybridized carbons (Fsp3) is 0.0833. The van der Waals surface area contributed by atoms with Gasteiger partial charge in [0.1, 0.15) is 17.2 Å². The van der Waals surface area contributed by atoms with Crippen LogP contribution < -0.4 is 0 Å². The predicted molar refractivity (Wildman–Crippen MR) is 123 cm³/mol. The molecule has 162 valence electrons. The quantitative estimate of drug-likeness (QED) is 0.332. The summed E-state index contributed by atoms with van der Waals surface area (Å²) in [5.74, 6) is -1.64. The Hall–Kier alpha value is -3.42. The van der Waals surface area contributed by atoms with Crippen molar-refractivity contribution in [3.05, 3.63) is 94.4 Å². The number of nitrogens with zero attached hydrogens (tertiary/aromatic N) is 1. The molecule has 5 nitrogen and oxygen atoms in total. The summed E-state index contributed by atoms with van der Waals surface area (Å²) < 4.78 is 40.8. The lowest BCUT2D eigenvalue weighted by Crippen LogP contribution is -2.12. The Kier molecular flexibility index (Phi) is 5.86. The molecule has 0 atom stereocenters. The zero-order valence-corrected chi connectivity index (χ0v) is 18.4. The van der Waals surface area contributed by atoms with E-state index in [9.17, 15) is 22.7 Å². The molecule has 0 amide bonds. The Morgan fingerprint density at radius 3 is 2.41 bits per heavy atom. The minimum atomic E-state index is -2.71. The molecular weight excluding hydrogens is 453 g/mol. The van der Waals surface area contributed by atoms with Crippen LogP contribution in [0.5, 0.6) is 0 Å². The zero-order valence-electron chi connectivity index (χ0n) is 16.8. The van der Waals surface area contributed by atoms with Crippen LogP contribution in [0.25, 0.3) is 22.0 Å². The first-order valence-electron chi connectivity index (χ1n) is 9.60. The monoisotopic (exact) mass is 469 g/mol. The van der Waals surface area contributed by atoms with Crippen molar-refractivity contribution in [2.75, 3.05) is 0 Å². The highest BCUT2D eigenvalue weighted by Crippen LogP contribution is 2.33. The van der Waals surface area contributed by atoms with Crippen molar-refractivity contribution >= 4 is 43.6 Å². The molecule has 8 heteroatoms. The molecule has 1 N–H and O–H groups in total. The van der Waals surface area contributed by atoms with E-state index in [1.807, 2.05) is 0 Å². The molecular formula is C24H17ClFNO4S. The standard InChI is InChI=1S/C24H17ClFNO4S/c1-14-23(20-12-17(26)10-11-21(20)27(14)13-22(28)29)24(32(30)31)19-5-3-2-4-18(19)15-6-8-16(25)9-7-15/h2-12H,13H2,1H3,(H,28,29). The molecule has 0 spiro atoms. The second kappa shape index (κ2) is 8.61. The highest BCUT2D eigenvalue weighted by atomic mass is 35.5. The first-order valence-corrected chi connectivity index (χ1v) is 11.0. The number of hydrogen-bond acceptors (Lipinski definition) is 3. The third kappa shape index (κ3) is 3.92. The van der Waals surface area contributed by atoms with Crippen LogP contribution in [0, 0.1) is 12.7 Å². The second-order valence-corrected chi connectivity index (χ2v) is 8.53. The van der Waals surface area contributed by atoms with Gasteiger partial charge < -0.3 is 9.67 Å². The Morgan fingerprint density at radius 2 is 1.75 bits per heavy atom. The van der Waals surface area contributed by atoms with E-state index in [-0.39, 0.29) is 17.0 Å². The Morgan fingerprint density at radius 1 is 1.06 bits per heavy atom. The van der Waals surface area contributed by atoms with E-state index in [2.05, 4.69) is 0 Å². The van der Waals surface area contributed by atoms with E-state index >= 15 is 0 Å². The summed E-state index contributed by atoms with van der Waals surface area (Å²) >= 11 is 6.00. The maximum atomic E-state index is 14.2. The van der Waals surface area contributed by atoms with Gasteiger partial charge in [-0.25, -0.2) is 4.39 Å². The number of aliphatic carboxylic acids is 1. The smallest absolute Gasteiger partial charge is 0.323 e. The Balaban J connectivity index is 2.07. The van der Waals surface area contributed by atoms with Gasteiger partial charge in [0.25, 0.3) is 0 Å². The van der Waals surface area contributed by atoms with Crippen LogP contribution in [0.15, 0.2) is 66.7 Å². The SMILES string of the molecule is Cc1c(C(c2ccccc2-c2ccc(Cl)cc2)=S(=O)=O)c2cc(F)ccc2n1CC(=O)O. The van der Waals surface area contributed by atoms with Crippen LogP contribution in [0.1, 0.15) is 16.8 Å². The van der Waals surface area contributed by atoms with Gasteiger partial charge in [-0.2, -0.15) is 8.42 Å². The summed E-state index contributed by atoms with van der Waals surface area (Å²) in [6, 6.07) is 17.9. The summed E-state index contributed by atoms with van der Waals surface area (Å²) in [6.07, 6.45) is 0. The van der Waals surface area contributed by atoms with Crippen LogP contribution in [0.4, 0.5) is 4.39 Å². The van der Waals surface area contributed by atoms with Crippen molar-refractivity contribution in [3.8, 4) is 11.1 Å². The number of carboxylic acid groups (broad SMARTS) is 1. The molecule has 0 bridgehead atoms. The average molecular weight is 470 g/mol. The number of aromatic nitrogens is 1. The predicted octanol–water partition coefficient (Wildman–Crippen LogP) is 4.94. The normalized spacial score (nSPS) is 11.0. The van der Waals surface area contributed by atoms with Gasteiger partial charge in [0.05, 0.1) is 0 Å². The maximum Gasteiger partial charge on any atom is 0.323 e. The summed E-state index contributed by atoms with van der Waals surface area (Å²) in [4.78, 5) is 11.4. The van der Waals surface area contributed by atoms with E-state index in [1.54, 1.807) is 55.5 Å². The first kappa shape index (κ1) is 21.8. The summed E-state index contributed by atoms with van der Waals surface area (Å²) in [5.41, 5.74) is 2.95. The fourth-order valence-electron chi connectivity index (χ4n) is 3.95. The topological polar surface area (TPSA) is 76.4 Å². The number of halogens is 2.